The highest BCUT2D eigenvalue weighted by molar-refractivity contribution is 5.40. The third kappa shape index (κ3) is 1.92. The largest absolute Gasteiger partial charge is 0.508 e. The fourth-order valence-electron chi connectivity index (χ4n) is 1.48. The number of benzene rings is 1. The van der Waals surface area contributed by atoms with Crippen LogP contribution in [0, 0.1) is 12.8 Å². The Morgan fingerprint density at radius 3 is 2.29 bits per heavy atom. The summed E-state index contributed by atoms with van der Waals surface area (Å²) < 4.78 is 0. The highest BCUT2D eigenvalue weighted by Crippen LogP contribution is 2.37. The predicted octanol–water partition coefficient (Wildman–Crippen LogP) is 3.63. The molecule has 78 valence electrons. The first-order valence-corrected chi connectivity index (χ1v) is 5.16. The van der Waals surface area contributed by atoms with E-state index in [1.54, 1.807) is 6.07 Å². The third-order valence-corrected chi connectivity index (χ3v) is 3.29. The van der Waals surface area contributed by atoms with Crippen molar-refractivity contribution in [3.05, 3.63) is 29.3 Å². The van der Waals surface area contributed by atoms with Crippen LogP contribution in [0.25, 0.3) is 0 Å². The molecule has 1 nitrogen and oxygen atoms in total. The van der Waals surface area contributed by atoms with Crippen LogP contribution in [0.15, 0.2) is 18.2 Å². The second-order valence-corrected chi connectivity index (χ2v) is 4.90. The Morgan fingerprint density at radius 1 is 1.21 bits per heavy atom. The standard InChI is InChI=1S/C13H20O/c1-9(2)13(4,5)11-8-10(3)6-7-12(11)14/h6-9,14H,1-5H3. The van der Waals surface area contributed by atoms with Gasteiger partial charge in [0.2, 0.25) is 0 Å². The second-order valence-electron chi connectivity index (χ2n) is 4.90. The van der Waals surface area contributed by atoms with E-state index in [1.165, 1.54) is 5.56 Å². The smallest absolute Gasteiger partial charge is 0.119 e. The Morgan fingerprint density at radius 2 is 1.79 bits per heavy atom. The van der Waals surface area contributed by atoms with E-state index in [0.29, 0.717) is 11.7 Å². The highest BCUT2D eigenvalue weighted by Gasteiger charge is 2.27. The number of aryl methyl sites for hydroxylation is 1. The monoisotopic (exact) mass is 192 g/mol. The predicted molar refractivity (Wildman–Crippen MR) is 60.7 cm³/mol. The lowest BCUT2D eigenvalue weighted by Crippen LogP contribution is -2.24. The molecular formula is C13H20O. The maximum absolute atomic E-state index is 9.82. The van der Waals surface area contributed by atoms with Gasteiger partial charge in [-0.05, 0) is 24.3 Å². The van der Waals surface area contributed by atoms with Gasteiger partial charge in [0.1, 0.15) is 5.75 Å². The molecule has 0 amide bonds. The van der Waals surface area contributed by atoms with Crippen LogP contribution >= 0.6 is 0 Å². The van der Waals surface area contributed by atoms with Gasteiger partial charge in [0.05, 0.1) is 0 Å². The lowest BCUT2D eigenvalue weighted by molar-refractivity contribution is 0.351. The molecule has 1 aromatic rings. The summed E-state index contributed by atoms with van der Waals surface area (Å²) in [5.41, 5.74) is 2.27. The minimum Gasteiger partial charge on any atom is -0.508 e. The number of hydrogen-bond donors (Lipinski definition) is 1. The molecule has 0 spiro atoms. The first-order valence-electron chi connectivity index (χ1n) is 5.16. The zero-order valence-corrected chi connectivity index (χ0v) is 9.76. The van der Waals surface area contributed by atoms with E-state index in [1.807, 2.05) is 6.07 Å². The molecule has 1 aromatic carbocycles. The summed E-state index contributed by atoms with van der Waals surface area (Å²) in [6, 6.07) is 5.80. The van der Waals surface area contributed by atoms with Crippen LogP contribution in [0.1, 0.15) is 38.8 Å². The number of phenolic OH excluding ortho intramolecular Hbond substituents is 1. The van der Waals surface area contributed by atoms with Gasteiger partial charge < -0.3 is 5.11 Å². The van der Waals surface area contributed by atoms with Crippen molar-refractivity contribution in [3.8, 4) is 5.75 Å². The molecule has 1 rings (SSSR count). The molecule has 0 saturated heterocycles. The Hall–Kier alpha value is -0.980. The van der Waals surface area contributed by atoms with Gasteiger partial charge in [0.15, 0.2) is 0 Å². The van der Waals surface area contributed by atoms with Crippen molar-refractivity contribution >= 4 is 0 Å². The summed E-state index contributed by atoms with van der Waals surface area (Å²) in [6.45, 7) is 10.8. The molecule has 0 fully saturated rings. The van der Waals surface area contributed by atoms with Crippen LogP contribution in [0.3, 0.4) is 0 Å². The Kier molecular flexibility index (Phi) is 2.89. The zero-order chi connectivity index (χ0) is 10.9. The lowest BCUT2D eigenvalue weighted by Gasteiger charge is -2.30. The number of hydrogen-bond acceptors (Lipinski definition) is 1. The van der Waals surface area contributed by atoms with Crippen LogP contribution in [0.4, 0.5) is 0 Å². The van der Waals surface area contributed by atoms with Gasteiger partial charge in [-0.2, -0.15) is 0 Å². The van der Waals surface area contributed by atoms with Crippen molar-refractivity contribution in [2.75, 3.05) is 0 Å². The molecule has 0 heterocycles. The van der Waals surface area contributed by atoms with Gasteiger partial charge in [0.25, 0.3) is 0 Å². The van der Waals surface area contributed by atoms with E-state index in [0.717, 1.165) is 5.56 Å². The Balaban J connectivity index is 3.24. The summed E-state index contributed by atoms with van der Waals surface area (Å²) in [7, 11) is 0. The number of aromatic hydroxyl groups is 1. The third-order valence-electron chi connectivity index (χ3n) is 3.29. The summed E-state index contributed by atoms with van der Waals surface area (Å²) >= 11 is 0. The average molecular weight is 192 g/mol. The lowest BCUT2D eigenvalue weighted by atomic mass is 9.74. The van der Waals surface area contributed by atoms with Crippen molar-refractivity contribution in [2.24, 2.45) is 5.92 Å². The second kappa shape index (κ2) is 3.64. The van der Waals surface area contributed by atoms with E-state index >= 15 is 0 Å². The van der Waals surface area contributed by atoms with E-state index in [9.17, 15) is 5.11 Å². The maximum Gasteiger partial charge on any atom is 0.119 e. The highest BCUT2D eigenvalue weighted by atomic mass is 16.3. The fraction of sp³-hybridized carbons (Fsp3) is 0.538. The first kappa shape index (κ1) is 11.1. The van der Waals surface area contributed by atoms with E-state index in [2.05, 4.69) is 40.7 Å². The first-order chi connectivity index (χ1) is 6.35. The molecule has 14 heavy (non-hydrogen) atoms. The molecule has 0 aromatic heterocycles. The minimum absolute atomic E-state index is 0.0239. The van der Waals surface area contributed by atoms with E-state index < -0.39 is 0 Å². The van der Waals surface area contributed by atoms with Crippen LogP contribution in [-0.2, 0) is 5.41 Å². The minimum atomic E-state index is 0.0239. The van der Waals surface area contributed by atoms with Crippen molar-refractivity contribution in [2.45, 2.75) is 40.0 Å². The zero-order valence-electron chi connectivity index (χ0n) is 9.76. The molecule has 0 atom stereocenters. The van der Waals surface area contributed by atoms with Gasteiger partial charge in [-0.25, -0.2) is 0 Å². The normalized spacial score (nSPS) is 12.1. The topological polar surface area (TPSA) is 20.2 Å². The van der Waals surface area contributed by atoms with Crippen LogP contribution < -0.4 is 0 Å². The summed E-state index contributed by atoms with van der Waals surface area (Å²) in [5.74, 6) is 0.921. The molecule has 0 aliphatic carbocycles. The molecule has 0 radical (unpaired) electrons. The van der Waals surface area contributed by atoms with Gasteiger partial charge >= 0.3 is 0 Å². The molecule has 0 bridgehead atoms. The van der Waals surface area contributed by atoms with Gasteiger partial charge in [-0.15, -0.1) is 0 Å². The molecule has 1 heteroatoms. The van der Waals surface area contributed by atoms with Crippen LogP contribution in [-0.4, -0.2) is 5.11 Å². The van der Waals surface area contributed by atoms with Crippen molar-refractivity contribution in [1.29, 1.82) is 0 Å². The van der Waals surface area contributed by atoms with Crippen LogP contribution in [0.5, 0.6) is 5.75 Å². The quantitative estimate of drug-likeness (QED) is 0.758. The molecule has 1 N–H and O–H groups in total. The van der Waals surface area contributed by atoms with Gasteiger partial charge in [0, 0.05) is 5.56 Å². The molecular weight excluding hydrogens is 172 g/mol. The molecule has 0 saturated carbocycles. The summed E-state index contributed by atoms with van der Waals surface area (Å²) in [4.78, 5) is 0. The summed E-state index contributed by atoms with van der Waals surface area (Å²) in [5, 5.41) is 9.82. The Labute approximate surface area is 86.8 Å². The molecule has 0 unspecified atom stereocenters. The fourth-order valence-corrected chi connectivity index (χ4v) is 1.48. The van der Waals surface area contributed by atoms with E-state index in [-0.39, 0.29) is 5.41 Å². The van der Waals surface area contributed by atoms with Gasteiger partial charge in [-0.1, -0.05) is 45.4 Å². The van der Waals surface area contributed by atoms with Crippen LogP contribution in [0.2, 0.25) is 0 Å². The van der Waals surface area contributed by atoms with Crippen molar-refractivity contribution in [3.63, 3.8) is 0 Å². The molecule has 0 aliphatic rings. The van der Waals surface area contributed by atoms with Gasteiger partial charge in [-0.3, -0.25) is 0 Å². The number of phenols is 1. The maximum atomic E-state index is 9.82. The summed E-state index contributed by atoms with van der Waals surface area (Å²) in [6.07, 6.45) is 0. The van der Waals surface area contributed by atoms with E-state index in [4.69, 9.17) is 0 Å². The number of rotatable bonds is 2. The average Bonchev–Trinajstić information content (AvgIpc) is 2.08. The van der Waals surface area contributed by atoms with Crippen molar-refractivity contribution < 1.29 is 5.11 Å². The Bertz CT molecular complexity index is 324. The van der Waals surface area contributed by atoms with Crippen molar-refractivity contribution in [1.82, 2.24) is 0 Å². The molecule has 0 aliphatic heterocycles. The SMILES string of the molecule is Cc1ccc(O)c(C(C)(C)C(C)C)c1.